The van der Waals surface area contributed by atoms with Crippen LogP contribution in [0.25, 0.3) is 0 Å². The van der Waals surface area contributed by atoms with Crippen molar-refractivity contribution in [2.45, 2.75) is 25.4 Å². The van der Waals surface area contributed by atoms with Gasteiger partial charge in [0.2, 0.25) is 0 Å². The first kappa shape index (κ1) is 8.49. The Morgan fingerprint density at radius 2 is 2.36 bits per heavy atom. The van der Waals surface area contributed by atoms with Crippen molar-refractivity contribution >= 4 is 5.97 Å². The molecule has 1 rings (SSSR count). The summed E-state index contributed by atoms with van der Waals surface area (Å²) >= 11 is 0. The zero-order valence-electron chi connectivity index (χ0n) is 6.49. The van der Waals surface area contributed by atoms with Crippen molar-refractivity contribution in [2.75, 3.05) is 13.1 Å². The second-order valence-corrected chi connectivity index (χ2v) is 2.93. The number of carboxylic acids is 1. The Bertz CT molecular complexity index is 149. The lowest BCUT2D eigenvalue weighted by atomic mass is 10.1. The van der Waals surface area contributed by atoms with E-state index >= 15 is 0 Å². The van der Waals surface area contributed by atoms with Gasteiger partial charge >= 0.3 is 5.97 Å². The van der Waals surface area contributed by atoms with Gasteiger partial charge in [0.25, 0.3) is 0 Å². The molecule has 0 aromatic rings. The highest BCUT2D eigenvalue weighted by molar-refractivity contribution is 5.69. The zero-order valence-corrected chi connectivity index (χ0v) is 6.49. The van der Waals surface area contributed by atoms with Crippen LogP contribution in [0.5, 0.6) is 0 Å². The van der Waals surface area contributed by atoms with Gasteiger partial charge in [-0.3, -0.25) is 9.69 Å². The zero-order chi connectivity index (χ0) is 8.27. The van der Waals surface area contributed by atoms with Crippen molar-refractivity contribution in [2.24, 2.45) is 5.73 Å². The maximum atomic E-state index is 10.3. The predicted octanol–water partition coefficient (Wildman–Crippen LogP) is -0.158. The number of hydrogen-bond acceptors (Lipinski definition) is 3. The molecule has 1 aliphatic heterocycles. The van der Waals surface area contributed by atoms with E-state index in [0.717, 1.165) is 25.8 Å². The number of likely N-dealkylation sites (tertiary alicyclic amines) is 1. The average Bonchev–Trinajstić information content (AvgIpc) is 1.93. The Kier molecular flexibility index (Phi) is 2.84. The second kappa shape index (κ2) is 3.69. The summed E-state index contributed by atoms with van der Waals surface area (Å²) < 4.78 is 0. The molecule has 0 aliphatic carbocycles. The third-order valence-electron chi connectivity index (χ3n) is 2.00. The van der Waals surface area contributed by atoms with Crippen molar-refractivity contribution in [3.05, 3.63) is 0 Å². The molecule has 0 radical (unpaired) electrons. The van der Waals surface area contributed by atoms with Crippen LogP contribution >= 0.6 is 0 Å². The van der Waals surface area contributed by atoms with Gasteiger partial charge in [-0.15, -0.1) is 0 Å². The van der Waals surface area contributed by atoms with Gasteiger partial charge in [0.15, 0.2) is 0 Å². The minimum Gasteiger partial charge on any atom is -0.480 e. The number of rotatable bonds is 2. The number of hydrogen-bond donors (Lipinski definition) is 2. The van der Waals surface area contributed by atoms with Gasteiger partial charge in [-0.05, 0) is 19.3 Å². The summed E-state index contributed by atoms with van der Waals surface area (Å²) in [4.78, 5) is 12.1. The van der Waals surface area contributed by atoms with Gasteiger partial charge in [0, 0.05) is 6.54 Å². The number of nitrogens with two attached hydrogens (primary N) is 1. The molecule has 3 N–H and O–H groups in total. The summed E-state index contributed by atoms with van der Waals surface area (Å²) in [5.41, 5.74) is 5.69. The normalized spacial score (nSPS) is 26.8. The molecule has 64 valence electrons. The van der Waals surface area contributed by atoms with E-state index in [0.29, 0.717) is 0 Å². The third-order valence-corrected chi connectivity index (χ3v) is 2.00. The summed E-state index contributed by atoms with van der Waals surface area (Å²) in [7, 11) is 0. The van der Waals surface area contributed by atoms with Gasteiger partial charge in [0.1, 0.15) is 0 Å². The maximum absolute atomic E-state index is 10.3. The van der Waals surface area contributed by atoms with Crippen LogP contribution in [0.1, 0.15) is 19.3 Å². The lowest BCUT2D eigenvalue weighted by Crippen LogP contribution is -2.47. The van der Waals surface area contributed by atoms with E-state index in [4.69, 9.17) is 10.8 Å². The van der Waals surface area contributed by atoms with E-state index in [9.17, 15) is 4.79 Å². The van der Waals surface area contributed by atoms with Crippen LogP contribution in [-0.4, -0.2) is 35.2 Å². The number of carbonyl (C=O) groups is 1. The summed E-state index contributed by atoms with van der Waals surface area (Å²) in [6.07, 6.45) is 3.07. The SMILES string of the molecule is NC1CCCCN1CC(=O)O. The summed E-state index contributed by atoms with van der Waals surface area (Å²) in [5, 5.41) is 8.49. The first-order valence-electron chi connectivity index (χ1n) is 3.91. The van der Waals surface area contributed by atoms with E-state index in [1.54, 1.807) is 0 Å². The van der Waals surface area contributed by atoms with E-state index in [2.05, 4.69) is 0 Å². The molecule has 1 atom stereocenters. The molecule has 11 heavy (non-hydrogen) atoms. The van der Waals surface area contributed by atoms with Gasteiger partial charge in [-0.2, -0.15) is 0 Å². The predicted molar refractivity (Wildman–Crippen MR) is 41.0 cm³/mol. The van der Waals surface area contributed by atoms with E-state index < -0.39 is 5.97 Å². The van der Waals surface area contributed by atoms with Crippen molar-refractivity contribution in [3.8, 4) is 0 Å². The third kappa shape index (κ3) is 2.48. The summed E-state index contributed by atoms with van der Waals surface area (Å²) in [6, 6.07) is 0. The van der Waals surface area contributed by atoms with Crippen LogP contribution in [-0.2, 0) is 4.79 Å². The fourth-order valence-electron chi connectivity index (χ4n) is 1.39. The minimum atomic E-state index is -0.789. The van der Waals surface area contributed by atoms with Crippen LogP contribution < -0.4 is 5.73 Å². The Hall–Kier alpha value is -0.610. The first-order valence-corrected chi connectivity index (χ1v) is 3.91. The number of nitrogens with zero attached hydrogens (tertiary/aromatic N) is 1. The maximum Gasteiger partial charge on any atom is 0.317 e. The van der Waals surface area contributed by atoms with Crippen LogP contribution in [0.2, 0.25) is 0 Å². The van der Waals surface area contributed by atoms with Gasteiger partial charge in [0.05, 0.1) is 12.7 Å². The van der Waals surface area contributed by atoms with Crippen LogP contribution in [0.15, 0.2) is 0 Å². The Labute approximate surface area is 66.0 Å². The van der Waals surface area contributed by atoms with Gasteiger partial charge < -0.3 is 10.8 Å². The molecule has 0 saturated carbocycles. The molecule has 4 nitrogen and oxygen atoms in total. The van der Waals surface area contributed by atoms with Crippen molar-refractivity contribution in [3.63, 3.8) is 0 Å². The highest BCUT2D eigenvalue weighted by Gasteiger charge is 2.19. The molecule has 1 saturated heterocycles. The highest BCUT2D eigenvalue weighted by Crippen LogP contribution is 2.11. The van der Waals surface area contributed by atoms with Crippen LogP contribution in [0.3, 0.4) is 0 Å². The monoisotopic (exact) mass is 158 g/mol. The fraction of sp³-hybridized carbons (Fsp3) is 0.857. The molecule has 0 aromatic carbocycles. The van der Waals surface area contributed by atoms with Crippen LogP contribution in [0, 0.1) is 0 Å². The molecule has 1 unspecified atom stereocenters. The highest BCUT2D eigenvalue weighted by atomic mass is 16.4. The van der Waals surface area contributed by atoms with Crippen LogP contribution in [0.4, 0.5) is 0 Å². The molecule has 1 heterocycles. The van der Waals surface area contributed by atoms with Gasteiger partial charge in [-0.1, -0.05) is 0 Å². The topological polar surface area (TPSA) is 66.6 Å². The second-order valence-electron chi connectivity index (χ2n) is 2.93. The first-order chi connectivity index (χ1) is 5.20. The number of piperidine rings is 1. The molecule has 0 bridgehead atoms. The molecule has 1 aliphatic rings. The lowest BCUT2D eigenvalue weighted by Gasteiger charge is -2.31. The van der Waals surface area contributed by atoms with Gasteiger partial charge in [-0.25, -0.2) is 0 Å². The molecule has 4 heteroatoms. The molecule has 1 fully saturated rings. The Morgan fingerprint density at radius 3 is 2.91 bits per heavy atom. The molecule has 0 amide bonds. The largest absolute Gasteiger partial charge is 0.480 e. The molecule has 0 aromatic heterocycles. The van der Waals surface area contributed by atoms with Crippen molar-refractivity contribution in [1.82, 2.24) is 4.90 Å². The Balaban J connectivity index is 2.35. The molecular formula is C7H14N2O2. The summed E-state index contributed by atoms with van der Waals surface area (Å²) in [6.45, 7) is 0.911. The average molecular weight is 158 g/mol. The Morgan fingerprint density at radius 1 is 1.64 bits per heavy atom. The molecule has 0 spiro atoms. The minimum absolute atomic E-state index is 0.0418. The number of aliphatic carboxylic acids is 1. The molecular weight excluding hydrogens is 144 g/mol. The van der Waals surface area contributed by atoms with Crippen molar-refractivity contribution < 1.29 is 9.90 Å². The standard InChI is InChI=1S/C7H14N2O2/c8-6-3-1-2-4-9(6)5-7(10)11/h6H,1-5,8H2,(H,10,11). The summed E-state index contributed by atoms with van der Waals surface area (Å²) in [5.74, 6) is -0.789. The quantitative estimate of drug-likeness (QED) is 0.586. The fourth-order valence-corrected chi connectivity index (χ4v) is 1.39. The lowest BCUT2D eigenvalue weighted by molar-refractivity contribution is -0.139. The van der Waals surface area contributed by atoms with E-state index in [-0.39, 0.29) is 12.7 Å². The number of carboxylic acid groups (broad SMARTS) is 1. The van der Waals surface area contributed by atoms with Crippen molar-refractivity contribution in [1.29, 1.82) is 0 Å². The van der Waals surface area contributed by atoms with E-state index in [1.807, 2.05) is 4.90 Å². The van der Waals surface area contributed by atoms with E-state index in [1.165, 1.54) is 0 Å². The smallest absolute Gasteiger partial charge is 0.317 e.